The van der Waals surface area contributed by atoms with E-state index < -0.39 is 0 Å². The SMILES string of the molecule is COc1ccc(CCC(=O)Nc2ccc(Br)cn2)c(OC)c1OC. The van der Waals surface area contributed by atoms with Crippen LogP contribution in [-0.2, 0) is 11.2 Å². The first kappa shape index (κ1) is 18.1. The molecule has 7 heteroatoms. The Balaban J connectivity index is 2.05. The number of nitrogens with zero attached hydrogens (tertiary/aromatic N) is 1. The Morgan fingerprint density at radius 3 is 2.42 bits per heavy atom. The first-order chi connectivity index (χ1) is 11.6. The van der Waals surface area contributed by atoms with Gasteiger partial charge in [0.25, 0.3) is 0 Å². The minimum atomic E-state index is -0.123. The predicted octanol–water partition coefficient (Wildman–Crippen LogP) is 3.44. The molecular weight excluding hydrogens is 376 g/mol. The maximum absolute atomic E-state index is 12.1. The number of amides is 1. The number of rotatable bonds is 7. The van der Waals surface area contributed by atoms with Crippen molar-refractivity contribution >= 4 is 27.7 Å². The van der Waals surface area contributed by atoms with Gasteiger partial charge in [-0.15, -0.1) is 0 Å². The summed E-state index contributed by atoms with van der Waals surface area (Å²) in [5.74, 6) is 2.07. The van der Waals surface area contributed by atoms with Crippen molar-refractivity contribution in [1.82, 2.24) is 4.98 Å². The van der Waals surface area contributed by atoms with Gasteiger partial charge in [0.05, 0.1) is 21.3 Å². The molecule has 2 rings (SSSR count). The number of benzene rings is 1. The number of ether oxygens (including phenoxy) is 3. The Kier molecular flexibility index (Phi) is 6.43. The van der Waals surface area contributed by atoms with Gasteiger partial charge in [-0.05, 0) is 46.1 Å². The van der Waals surface area contributed by atoms with Gasteiger partial charge < -0.3 is 19.5 Å². The Hall–Kier alpha value is -2.28. The minimum absolute atomic E-state index is 0.123. The molecule has 0 radical (unpaired) electrons. The van der Waals surface area contributed by atoms with Crippen LogP contribution in [0, 0.1) is 0 Å². The van der Waals surface area contributed by atoms with Gasteiger partial charge in [-0.25, -0.2) is 4.98 Å². The van der Waals surface area contributed by atoms with E-state index in [9.17, 15) is 4.79 Å². The standard InChI is InChI=1S/C17H19BrN2O4/c1-22-13-7-4-11(16(23-2)17(13)24-3)5-9-15(21)20-14-8-6-12(18)10-19-14/h4,6-8,10H,5,9H2,1-3H3,(H,19,20,21). The van der Waals surface area contributed by atoms with Crippen LogP contribution in [0.2, 0.25) is 0 Å². The summed E-state index contributed by atoms with van der Waals surface area (Å²) in [5, 5.41) is 2.76. The summed E-state index contributed by atoms with van der Waals surface area (Å²) in [6.45, 7) is 0. The van der Waals surface area contributed by atoms with Crippen LogP contribution in [0.25, 0.3) is 0 Å². The zero-order chi connectivity index (χ0) is 17.5. The summed E-state index contributed by atoms with van der Waals surface area (Å²) in [6.07, 6.45) is 2.43. The molecule has 0 fully saturated rings. The lowest BCUT2D eigenvalue weighted by molar-refractivity contribution is -0.116. The van der Waals surface area contributed by atoms with Crippen LogP contribution >= 0.6 is 15.9 Å². The van der Waals surface area contributed by atoms with Crippen LogP contribution in [-0.4, -0.2) is 32.2 Å². The van der Waals surface area contributed by atoms with Gasteiger partial charge in [-0.1, -0.05) is 6.07 Å². The van der Waals surface area contributed by atoms with Gasteiger partial charge in [-0.2, -0.15) is 0 Å². The van der Waals surface area contributed by atoms with Crippen molar-refractivity contribution in [2.45, 2.75) is 12.8 Å². The summed E-state index contributed by atoms with van der Waals surface area (Å²) in [6, 6.07) is 7.22. The topological polar surface area (TPSA) is 69.7 Å². The molecule has 0 spiro atoms. The normalized spacial score (nSPS) is 10.2. The lowest BCUT2D eigenvalue weighted by Gasteiger charge is -2.15. The van der Waals surface area contributed by atoms with E-state index in [1.807, 2.05) is 12.1 Å². The van der Waals surface area contributed by atoms with E-state index in [0.717, 1.165) is 10.0 Å². The van der Waals surface area contributed by atoms with Crippen LogP contribution in [0.5, 0.6) is 17.2 Å². The second-order valence-corrected chi connectivity index (χ2v) is 5.82. The molecule has 0 saturated heterocycles. The monoisotopic (exact) mass is 394 g/mol. The van der Waals surface area contributed by atoms with Crippen molar-refractivity contribution in [2.75, 3.05) is 26.6 Å². The lowest BCUT2D eigenvalue weighted by Crippen LogP contribution is -2.13. The second kappa shape index (κ2) is 8.54. The van der Waals surface area contributed by atoms with E-state index >= 15 is 0 Å². The molecule has 2 aromatic rings. The molecule has 6 nitrogen and oxygen atoms in total. The first-order valence-corrected chi connectivity index (χ1v) is 8.07. The second-order valence-electron chi connectivity index (χ2n) is 4.90. The summed E-state index contributed by atoms with van der Waals surface area (Å²) < 4.78 is 16.9. The number of pyridine rings is 1. The molecular formula is C17H19BrN2O4. The van der Waals surface area contributed by atoms with E-state index in [4.69, 9.17) is 14.2 Å². The van der Waals surface area contributed by atoms with Crippen LogP contribution in [0.4, 0.5) is 5.82 Å². The smallest absolute Gasteiger partial charge is 0.225 e. The largest absolute Gasteiger partial charge is 0.493 e. The molecule has 1 N–H and O–H groups in total. The molecule has 1 amide bonds. The molecule has 0 saturated carbocycles. The third-order valence-electron chi connectivity index (χ3n) is 3.40. The Morgan fingerprint density at radius 1 is 1.08 bits per heavy atom. The van der Waals surface area contributed by atoms with Crippen LogP contribution < -0.4 is 19.5 Å². The number of carbonyl (C=O) groups excluding carboxylic acids is 1. The number of hydrogen-bond acceptors (Lipinski definition) is 5. The molecule has 1 heterocycles. The van der Waals surface area contributed by atoms with E-state index in [-0.39, 0.29) is 5.91 Å². The van der Waals surface area contributed by atoms with Crippen molar-refractivity contribution in [3.63, 3.8) is 0 Å². The molecule has 0 aliphatic carbocycles. The summed E-state index contributed by atoms with van der Waals surface area (Å²) in [5.41, 5.74) is 0.870. The number of hydrogen-bond donors (Lipinski definition) is 1. The summed E-state index contributed by atoms with van der Waals surface area (Å²) >= 11 is 3.30. The molecule has 0 atom stereocenters. The third kappa shape index (κ3) is 4.38. The van der Waals surface area contributed by atoms with Crippen LogP contribution in [0.3, 0.4) is 0 Å². The van der Waals surface area contributed by atoms with Gasteiger partial charge in [0.15, 0.2) is 11.5 Å². The van der Waals surface area contributed by atoms with E-state index in [1.165, 1.54) is 0 Å². The molecule has 0 bridgehead atoms. The number of methoxy groups -OCH3 is 3. The molecule has 1 aromatic heterocycles. The Bertz CT molecular complexity index is 704. The highest BCUT2D eigenvalue weighted by atomic mass is 79.9. The lowest BCUT2D eigenvalue weighted by atomic mass is 10.1. The van der Waals surface area contributed by atoms with Gasteiger partial charge in [-0.3, -0.25) is 4.79 Å². The number of aryl methyl sites for hydroxylation is 1. The first-order valence-electron chi connectivity index (χ1n) is 7.28. The zero-order valence-electron chi connectivity index (χ0n) is 13.8. The summed E-state index contributed by atoms with van der Waals surface area (Å²) in [7, 11) is 4.68. The molecule has 0 aliphatic heterocycles. The average Bonchev–Trinajstić information content (AvgIpc) is 2.60. The fourth-order valence-corrected chi connectivity index (χ4v) is 2.50. The number of anilines is 1. The number of nitrogens with one attached hydrogen (secondary N) is 1. The fourth-order valence-electron chi connectivity index (χ4n) is 2.26. The van der Waals surface area contributed by atoms with E-state index in [2.05, 4.69) is 26.2 Å². The van der Waals surface area contributed by atoms with Gasteiger partial charge in [0, 0.05) is 17.1 Å². The van der Waals surface area contributed by atoms with Gasteiger partial charge in [0.2, 0.25) is 11.7 Å². The number of aromatic nitrogens is 1. The van der Waals surface area contributed by atoms with Gasteiger partial charge in [0.1, 0.15) is 5.82 Å². The van der Waals surface area contributed by atoms with Crippen molar-refractivity contribution in [3.8, 4) is 17.2 Å². The third-order valence-corrected chi connectivity index (χ3v) is 3.87. The highest BCUT2D eigenvalue weighted by Gasteiger charge is 2.16. The van der Waals surface area contributed by atoms with E-state index in [0.29, 0.717) is 35.9 Å². The molecule has 1 aromatic carbocycles. The predicted molar refractivity (Wildman–Crippen MR) is 95.0 cm³/mol. The van der Waals surface area contributed by atoms with E-state index in [1.54, 1.807) is 39.7 Å². The maximum Gasteiger partial charge on any atom is 0.225 e. The Morgan fingerprint density at radius 2 is 1.83 bits per heavy atom. The van der Waals surface area contributed by atoms with Crippen LogP contribution in [0.15, 0.2) is 34.9 Å². The average molecular weight is 395 g/mol. The fraction of sp³-hybridized carbons (Fsp3) is 0.294. The maximum atomic E-state index is 12.1. The molecule has 128 valence electrons. The van der Waals surface area contributed by atoms with Crippen LogP contribution in [0.1, 0.15) is 12.0 Å². The number of halogens is 1. The molecule has 0 aliphatic rings. The quantitative estimate of drug-likeness (QED) is 0.778. The van der Waals surface area contributed by atoms with Crippen molar-refractivity contribution in [1.29, 1.82) is 0 Å². The molecule has 0 unspecified atom stereocenters. The minimum Gasteiger partial charge on any atom is -0.493 e. The van der Waals surface area contributed by atoms with Crippen molar-refractivity contribution in [2.24, 2.45) is 0 Å². The zero-order valence-corrected chi connectivity index (χ0v) is 15.3. The summed E-state index contributed by atoms with van der Waals surface area (Å²) in [4.78, 5) is 16.2. The highest BCUT2D eigenvalue weighted by molar-refractivity contribution is 9.10. The van der Waals surface area contributed by atoms with Crippen molar-refractivity contribution < 1.29 is 19.0 Å². The van der Waals surface area contributed by atoms with Gasteiger partial charge >= 0.3 is 0 Å². The Labute approximate surface area is 149 Å². The van der Waals surface area contributed by atoms with Crippen molar-refractivity contribution in [3.05, 3.63) is 40.5 Å². The highest BCUT2D eigenvalue weighted by Crippen LogP contribution is 2.40. The molecule has 24 heavy (non-hydrogen) atoms. The number of carbonyl (C=O) groups is 1.